The van der Waals surface area contributed by atoms with Gasteiger partial charge in [0.25, 0.3) is 6.47 Å². The van der Waals surface area contributed by atoms with Gasteiger partial charge in [-0.1, -0.05) is 37.6 Å². The van der Waals surface area contributed by atoms with E-state index in [4.69, 9.17) is 23.9 Å². The first-order chi connectivity index (χ1) is 13.1. The third kappa shape index (κ3) is 12.8. The van der Waals surface area contributed by atoms with Crippen molar-refractivity contribution < 1.29 is 23.9 Å². The standard InChI is InChI=1S/C18H22O2S.C2H6O.CH2O2/c1-3-4-15-5-9-17(10-6-15)19-14-13-16-7-11-18(12-8-16)20-21-2;1-2-3;2-1-3/h5-12H,3-4,13-14H2,1-2H3;3H,2H2,1H3;1H,(H,2,3). The van der Waals surface area contributed by atoms with Crippen LogP contribution < -0.4 is 8.92 Å². The predicted molar refractivity (Wildman–Crippen MR) is 112 cm³/mol. The summed E-state index contributed by atoms with van der Waals surface area (Å²) in [5, 5.41) is 14.5. The molecule has 0 aromatic heterocycles. The van der Waals surface area contributed by atoms with Gasteiger partial charge in [-0.05, 0) is 48.7 Å². The molecule has 0 aliphatic carbocycles. The van der Waals surface area contributed by atoms with Crippen molar-refractivity contribution in [3.05, 3.63) is 59.7 Å². The molecule has 5 nitrogen and oxygen atoms in total. The molecule has 0 saturated carbocycles. The Morgan fingerprint density at radius 3 is 1.81 bits per heavy atom. The zero-order valence-electron chi connectivity index (χ0n) is 16.3. The zero-order chi connectivity index (χ0) is 20.3. The molecular formula is C21H30O5S. The van der Waals surface area contributed by atoms with Gasteiger partial charge in [-0.2, -0.15) is 0 Å². The molecule has 6 heteroatoms. The summed E-state index contributed by atoms with van der Waals surface area (Å²) >= 11 is 1.36. The lowest BCUT2D eigenvalue weighted by Gasteiger charge is -2.08. The number of carboxylic acid groups (broad SMARTS) is 1. The molecular weight excluding hydrogens is 364 g/mol. The highest BCUT2D eigenvalue weighted by atomic mass is 32.2. The maximum atomic E-state index is 8.36. The lowest BCUT2D eigenvalue weighted by Crippen LogP contribution is -2.01. The smallest absolute Gasteiger partial charge is 0.290 e. The second kappa shape index (κ2) is 17.2. The normalized spacial score (nSPS) is 9.19. The third-order valence-electron chi connectivity index (χ3n) is 3.22. The summed E-state index contributed by atoms with van der Waals surface area (Å²) in [6, 6.07) is 16.6. The van der Waals surface area contributed by atoms with Crippen LogP contribution in [0.3, 0.4) is 0 Å². The van der Waals surface area contributed by atoms with Gasteiger partial charge in [-0.15, -0.1) is 0 Å². The van der Waals surface area contributed by atoms with Crippen LogP contribution in [0.15, 0.2) is 48.5 Å². The van der Waals surface area contributed by atoms with Gasteiger partial charge in [0, 0.05) is 19.3 Å². The van der Waals surface area contributed by atoms with Gasteiger partial charge < -0.3 is 19.1 Å². The van der Waals surface area contributed by atoms with Crippen LogP contribution >= 0.6 is 12.0 Å². The van der Waals surface area contributed by atoms with Crippen molar-refractivity contribution >= 4 is 18.5 Å². The highest BCUT2D eigenvalue weighted by Crippen LogP contribution is 2.17. The predicted octanol–water partition coefficient (Wildman–Crippen LogP) is 4.62. The molecule has 0 bridgehead atoms. The van der Waals surface area contributed by atoms with Crippen LogP contribution in [-0.2, 0) is 17.6 Å². The van der Waals surface area contributed by atoms with E-state index in [1.54, 1.807) is 6.92 Å². The molecule has 0 atom stereocenters. The van der Waals surface area contributed by atoms with Crippen LogP contribution in [0.25, 0.3) is 0 Å². The van der Waals surface area contributed by atoms with Gasteiger partial charge >= 0.3 is 0 Å². The Balaban J connectivity index is 0.000000997. The minimum Gasteiger partial charge on any atom is -0.493 e. The molecule has 0 unspecified atom stereocenters. The van der Waals surface area contributed by atoms with Crippen LogP contribution in [0.1, 0.15) is 31.4 Å². The van der Waals surface area contributed by atoms with Gasteiger partial charge in [0.2, 0.25) is 0 Å². The second-order valence-electron chi connectivity index (χ2n) is 5.31. The van der Waals surface area contributed by atoms with E-state index < -0.39 is 0 Å². The average molecular weight is 395 g/mol. The van der Waals surface area contributed by atoms with Crippen LogP contribution in [0.4, 0.5) is 0 Å². The SMILES string of the molecule is CCCc1ccc(OCCc2ccc(OSC)cc2)cc1.CCO.O=CO. The van der Waals surface area contributed by atoms with Crippen LogP contribution in [0.5, 0.6) is 11.5 Å². The molecule has 0 spiro atoms. The summed E-state index contributed by atoms with van der Waals surface area (Å²) in [4.78, 5) is 8.36. The summed E-state index contributed by atoms with van der Waals surface area (Å²) in [7, 11) is 0. The molecule has 0 saturated heterocycles. The lowest BCUT2D eigenvalue weighted by molar-refractivity contribution is -0.122. The third-order valence-corrected chi connectivity index (χ3v) is 3.58. The Labute approximate surface area is 166 Å². The number of carbonyl (C=O) groups is 1. The van der Waals surface area contributed by atoms with E-state index in [1.165, 1.54) is 29.6 Å². The van der Waals surface area contributed by atoms with Gasteiger partial charge in [0.1, 0.15) is 11.5 Å². The second-order valence-corrected chi connectivity index (χ2v) is 5.81. The fraction of sp³-hybridized carbons (Fsp3) is 0.381. The van der Waals surface area contributed by atoms with Crippen LogP contribution in [0, 0.1) is 0 Å². The van der Waals surface area contributed by atoms with Crippen molar-refractivity contribution in [3.8, 4) is 11.5 Å². The quantitative estimate of drug-likeness (QED) is 0.503. The summed E-state index contributed by atoms with van der Waals surface area (Å²) in [5.74, 6) is 1.83. The van der Waals surface area contributed by atoms with E-state index in [0.717, 1.165) is 24.3 Å². The number of hydrogen-bond acceptors (Lipinski definition) is 5. The lowest BCUT2D eigenvalue weighted by atomic mass is 10.1. The first-order valence-electron chi connectivity index (χ1n) is 8.85. The average Bonchev–Trinajstić information content (AvgIpc) is 2.66. The van der Waals surface area contributed by atoms with Crippen molar-refractivity contribution in [1.29, 1.82) is 0 Å². The molecule has 2 rings (SSSR count). The molecule has 27 heavy (non-hydrogen) atoms. The van der Waals surface area contributed by atoms with E-state index >= 15 is 0 Å². The van der Waals surface area contributed by atoms with Gasteiger partial charge in [0.05, 0.1) is 18.6 Å². The Hall–Kier alpha value is -2.18. The number of aliphatic hydroxyl groups excluding tert-OH is 1. The number of aliphatic hydroxyl groups is 1. The van der Waals surface area contributed by atoms with Crippen molar-refractivity contribution in [2.75, 3.05) is 19.5 Å². The van der Waals surface area contributed by atoms with E-state index in [1.807, 2.05) is 18.4 Å². The molecule has 2 aromatic carbocycles. The van der Waals surface area contributed by atoms with Gasteiger partial charge in [0.15, 0.2) is 0 Å². The Kier molecular flexibility index (Phi) is 15.9. The minimum absolute atomic E-state index is 0.250. The van der Waals surface area contributed by atoms with E-state index in [0.29, 0.717) is 6.61 Å². The van der Waals surface area contributed by atoms with Crippen molar-refractivity contribution in [3.63, 3.8) is 0 Å². The summed E-state index contributed by atoms with van der Waals surface area (Å²) in [6.07, 6.45) is 5.12. The Morgan fingerprint density at radius 1 is 0.926 bits per heavy atom. The summed E-state index contributed by atoms with van der Waals surface area (Å²) < 4.78 is 11.1. The molecule has 0 fully saturated rings. The fourth-order valence-corrected chi connectivity index (χ4v) is 2.44. The molecule has 2 N–H and O–H groups in total. The first kappa shape index (κ1) is 24.8. The summed E-state index contributed by atoms with van der Waals surface area (Å²) in [5.41, 5.74) is 2.63. The van der Waals surface area contributed by atoms with Gasteiger partial charge in [-0.3, -0.25) is 4.79 Å². The molecule has 0 aliphatic heterocycles. The fourth-order valence-electron chi connectivity index (χ4n) is 2.14. The van der Waals surface area contributed by atoms with E-state index in [9.17, 15) is 0 Å². The molecule has 0 heterocycles. The van der Waals surface area contributed by atoms with E-state index in [-0.39, 0.29) is 13.1 Å². The van der Waals surface area contributed by atoms with Crippen molar-refractivity contribution in [2.24, 2.45) is 0 Å². The Bertz CT molecular complexity index is 535. The Morgan fingerprint density at radius 2 is 1.37 bits per heavy atom. The summed E-state index contributed by atoms with van der Waals surface area (Å²) in [6.45, 7) is 4.57. The topological polar surface area (TPSA) is 76.0 Å². The largest absolute Gasteiger partial charge is 0.493 e. The van der Waals surface area contributed by atoms with Crippen LogP contribution in [0.2, 0.25) is 0 Å². The monoisotopic (exact) mass is 394 g/mol. The molecule has 2 aromatic rings. The van der Waals surface area contributed by atoms with Crippen molar-refractivity contribution in [1.82, 2.24) is 0 Å². The molecule has 0 radical (unpaired) electrons. The number of rotatable bonds is 8. The number of benzene rings is 2. The maximum Gasteiger partial charge on any atom is 0.290 e. The minimum atomic E-state index is -0.250. The molecule has 0 aliphatic rings. The number of hydrogen-bond donors (Lipinski definition) is 2. The first-order valence-corrected chi connectivity index (χ1v) is 10.00. The van der Waals surface area contributed by atoms with Crippen molar-refractivity contribution in [2.45, 2.75) is 33.1 Å². The highest BCUT2D eigenvalue weighted by molar-refractivity contribution is 7.94. The zero-order valence-corrected chi connectivity index (χ0v) is 17.1. The maximum absolute atomic E-state index is 8.36. The number of ether oxygens (including phenoxy) is 1. The van der Waals surface area contributed by atoms with Gasteiger partial charge in [-0.25, -0.2) is 0 Å². The molecule has 150 valence electrons. The highest BCUT2D eigenvalue weighted by Gasteiger charge is 1.98. The molecule has 0 amide bonds. The number of aryl methyl sites for hydroxylation is 1. The van der Waals surface area contributed by atoms with E-state index in [2.05, 4.69) is 43.3 Å². The van der Waals surface area contributed by atoms with Crippen LogP contribution in [-0.4, -0.2) is 36.2 Å².